The van der Waals surface area contributed by atoms with Gasteiger partial charge in [-0.25, -0.2) is 4.79 Å². The quantitative estimate of drug-likeness (QED) is 0.558. The molecular formula is C23H29N3O4. The molecule has 160 valence electrons. The van der Waals surface area contributed by atoms with E-state index in [2.05, 4.69) is 22.2 Å². The summed E-state index contributed by atoms with van der Waals surface area (Å²) in [5.74, 6) is 1.18. The molecule has 2 aromatic carbocycles. The minimum absolute atomic E-state index is 0.500. The van der Waals surface area contributed by atoms with E-state index in [-0.39, 0.29) is 0 Å². The molecule has 0 unspecified atom stereocenters. The Labute approximate surface area is 177 Å². The Kier molecular flexibility index (Phi) is 7.47. The highest BCUT2D eigenvalue weighted by Crippen LogP contribution is 2.37. The first-order valence-corrected chi connectivity index (χ1v) is 9.48. The molecule has 1 amide bonds. The number of carbonyl (C=O) groups is 1. The molecule has 0 spiro atoms. The first-order valence-electron chi connectivity index (χ1n) is 9.48. The Morgan fingerprint density at radius 2 is 1.53 bits per heavy atom. The Bertz CT molecular complexity index is 929. The number of nitrogens with zero attached hydrogens (tertiary/aromatic N) is 1. The number of hydrogen-bond donors (Lipinski definition) is 2. The van der Waals surface area contributed by atoms with Crippen LogP contribution >= 0.6 is 0 Å². The molecule has 0 fully saturated rings. The van der Waals surface area contributed by atoms with Gasteiger partial charge in [0.25, 0.3) is 0 Å². The number of amides is 1. The molecule has 0 saturated carbocycles. The fourth-order valence-corrected chi connectivity index (χ4v) is 2.66. The Morgan fingerprint density at radius 1 is 1.00 bits per heavy atom. The molecule has 0 aliphatic heterocycles. The second kappa shape index (κ2) is 9.82. The zero-order chi connectivity index (χ0) is 22.3. The van der Waals surface area contributed by atoms with E-state index in [1.807, 2.05) is 45.9 Å². The van der Waals surface area contributed by atoms with Gasteiger partial charge in [-0.15, -0.1) is 0 Å². The molecule has 0 aliphatic carbocycles. The fourth-order valence-electron chi connectivity index (χ4n) is 2.66. The summed E-state index contributed by atoms with van der Waals surface area (Å²) in [4.78, 5) is 16.3. The molecule has 7 heteroatoms. The zero-order valence-corrected chi connectivity index (χ0v) is 18.3. The maximum absolute atomic E-state index is 11.9. The van der Waals surface area contributed by atoms with Crippen molar-refractivity contribution in [1.29, 1.82) is 0 Å². The van der Waals surface area contributed by atoms with Crippen LogP contribution in [0.4, 0.5) is 21.9 Å². The van der Waals surface area contributed by atoms with Crippen LogP contribution in [0.5, 0.6) is 11.5 Å². The highest BCUT2D eigenvalue weighted by Gasteiger charge is 2.16. The fraction of sp³-hybridized carbons (Fsp3) is 0.304. The smallest absolute Gasteiger partial charge is 0.412 e. The average Bonchev–Trinajstić information content (AvgIpc) is 2.67. The number of anilines is 2. The van der Waals surface area contributed by atoms with Crippen LogP contribution in [-0.2, 0) is 4.74 Å². The van der Waals surface area contributed by atoms with Crippen LogP contribution in [0.1, 0.15) is 33.3 Å². The van der Waals surface area contributed by atoms with E-state index in [4.69, 9.17) is 14.2 Å². The Balaban J connectivity index is 2.17. The lowest BCUT2D eigenvalue weighted by molar-refractivity contribution is 0.0636. The number of carbonyl (C=O) groups excluding carboxylic acids is 1. The topological polar surface area (TPSA) is 81.2 Å². The molecule has 7 nitrogen and oxygen atoms in total. The molecule has 0 radical (unpaired) electrons. The molecular weight excluding hydrogens is 382 g/mol. The van der Waals surface area contributed by atoms with E-state index in [1.54, 1.807) is 38.6 Å². The second-order valence-electron chi connectivity index (χ2n) is 7.42. The standard InChI is InChI=1S/C23H29N3O4/c1-8-24-19-14-21(29-7)20(28-6)13-18(19)15(2)25-16-9-11-17(12-10-16)26-22(27)30-23(3,4)5/h8-14,25H,2H2,1,3-7H3,(H,26,27). The van der Waals surface area contributed by atoms with Crippen LogP contribution in [0.25, 0.3) is 5.70 Å². The van der Waals surface area contributed by atoms with Gasteiger partial charge in [-0.1, -0.05) is 6.58 Å². The van der Waals surface area contributed by atoms with Crippen molar-refractivity contribution >= 4 is 35.1 Å². The Morgan fingerprint density at radius 3 is 2.03 bits per heavy atom. The predicted molar refractivity (Wildman–Crippen MR) is 122 cm³/mol. The summed E-state index contributed by atoms with van der Waals surface area (Å²) in [6.45, 7) is 11.4. The monoisotopic (exact) mass is 411 g/mol. The predicted octanol–water partition coefficient (Wildman–Crippen LogP) is 5.86. The number of benzene rings is 2. The van der Waals surface area contributed by atoms with Crippen molar-refractivity contribution in [2.45, 2.75) is 33.3 Å². The number of aliphatic imine (C=N–C) groups is 1. The molecule has 30 heavy (non-hydrogen) atoms. The minimum Gasteiger partial charge on any atom is -0.493 e. The second-order valence-corrected chi connectivity index (χ2v) is 7.42. The van der Waals surface area contributed by atoms with Crippen LogP contribution < -0.4 is 20.1 Å². The van der Waals surface area contributed by atoms with E-state index < -0.39 is 11.7 Å². The summed E-state index contributed by atoms with van der Waals surface area (Å²) in [5, 5.41) is 5.96. The van der Waals surface area contributed by atoms with Crippen molar-refractivity contribution in [2.24, 2.45) is 4.99 Å². The summed E-state index contributed by atoms with van der Waals surface area (Å²) >= 11 is 0. The molecule has 0 bridgehead atoms. The van der Waals surface area contributed by atoms with E-state index in [0.717, 1.165) is 11.3 Å². The number of methoxy groups -OCH3 is 2. The summed E-state index contributed by atoms with van der Waals surface area (Å²) in [5.41, 5.74) is 3.00. The van der Waals surface area contributed by atoms with Gasteiger partial charge in [0.2, 0.25) is 0 Å². The first kappa shape index (κ1) is 22.8. The highest BCUT2D eigenvalue weighted by atomic mass is 16.6. The van der Waals surface area contributed by atoms with Crippen molar-refractivity contribution in [3.63, 3.8) is 0 Å². The largest absolute Gasteiger partial charge is 0.493 e. The van der Waals surface area contributed by atoms with Crippen LogP contribution in [0.3, 0.4) is 0 Å². The van der Waals surface area contributed by atoms with Gasteiger partial charge in [0.15, 0.2) is 11.5 Å². The normalized spacial score (nSPS) is 11.1. The van der Waals surface area contributed by atoms with Gasteiger partial charge in [-0.2, -0.15) is 0 Å². The molecule has 0 heterocycles. The van der Waals surface area contributed by atoms with Gasteiger partial charge in [-0.05, 0) is 58.0 Å². The van der Waals surface area contributed by atoms with Crippen molar-refractivity contribution < 1.29 is 19.0 Å². The zero-order valence-electron chi connectivity index (χ0n) is 18.3. The third-order valence-electron chi connectivity index (χ3n) is 3.92. The lowest BCUT2D eigenvalue weighted by Gasteiger charge is -2.19. The van der Waals surface area contributed by atoms with Gasteiger partial charge >= 0.3 is 6.09 Å². The maximum atomic E-state index is 11.9. The number of hydrogen-bond acceptors (Lipinski definition) is 6. The van der Waals surface area contributed by atoms with E-state index in [0.29, 0.717) is 28.6 Å². The highest BCUT2D eigenvalue weighted by molar-refractivity contribution is 5.87. The molecule has 0 saturated heterocycles. The summed E-state index contributed by atoms with van der Waals surface area (Å²) in [6.07, 6.45) is 1.20. The maximum Gasteiger partial charge on any atom is 0.412 e. The van der Waals surface area contributed by atoms with Gasteiger partial charge in [0.05, 0.1) is 19.9 Å². The molecule has 2 N–H and O–H groups in total. The van der Waals surface area contributed by atoms with Crippen molar-refractivity contribution in [2.75, 3.05) is 24.9 Å². The number of nitrogens with one attached hydrogen (secondary N) is 2. The van der Waals surface area contributed by atoms with E-state index in [1.165, 1.54) is 0 Å². The summed E-state index contributed by atoms with van der Waals surface area (Å²) < 4.78 is 16.0. The lowest BCUT2D eigenvalue weighted by atomic mass is 10.1. The average molecular weight is 412 g/mol. The lowest BCUT2D eigenvalue weighted by Crippen LogP contribution is -2.27. The van der Waals surface area contributed by atoms with Crippen molar-refractivity contribution in [1.82, 2.24) is 0 Å². The van der Waals surface area contributed by atoms with Gasteiger partial charge < -0.3 is 19.5 Å². The first-order chi connectivity index (χ1) is 14.2. The van der Waals surface area contributed by atoms with Crippen LogP contribution in [0.15, 0.2) is 48.0 Å². The summed E-state index contributed by atoms with van der Waals surface area (Å²) in [7, 11) is 3.16. The molecule has 2 aromatic rings. The summed E-state index contributed by atoms with van der Waals surface area (Å²) in [6, 6.07) is 10.9. The van der Waals surface area contributed by atoms with Crippen LogP contribution in [-0.4, -0.2) is 32.1 Å². The minimum atomic E-state index is -0.554. The molecule has 0 atom stereocenters. The SMILES string of the molecule is C=C(Nc1ccc(NC(=O)OC(C)(C)C)cc1)c1cc(OC)c(OC)cc1N=CC. The number of ether oxygens (including phenoxy) is 3. The third-order valence-corrected chi connectivity index (χ3v) is 3.92. The third kappa shape index (κ3) is 6.27. The van der Waals surface area contributed by atoms with Crippen molar-refractivity contribution in [3.8, 4) is 11.5 Å². The molecule has 0 aliphatic rings. The van der Waals surface area contributed by atoms with Crippen LogP contribution in [0, 0.1) is 0 Å². The van der Waals surface area contributed by atoms with Gasteiger partial charge in [0, 0.05) is 34.9 Å². The van der Waals surface area contributed by atoms with Gasteiger partial charge in [-0.3, -0.25) is 10.3 Å². The van der Waals surface area contributed by atoms with Gasteiger partial charge in [0.1, 0.15) is 5.60 Å². The van der Waals surface area contributed by atoms with Crippen LogP contribution in [0.2, 0.25) is 0 Å². The molecule has 2 rings (SSSR count). The Hall–Kier alpha value is -3.48. The van der Waals surface area contributed by atoms with E-state index in [9.17, 15) is 4.79 Å². The van der Waals surface area contributed by atoms with E-state index >= 15 is 0 Å². The number of rotatable bonds is 7. The van der Waals surface area contributed by atoms with Crippen molar-refractivity contribution in [3.05, 3.63) is 48.5 Å². The molecule has 0 aromatic heterocycles.